The van der Waals surface area contributed by atoms with Gasteiger partial charge in [0.2, 0.25) is 10.0 Å². The fourth-order valence-electron chi connectivity index (χ4n) is 3.34. The van der Waals surface area contributed by atoms with Gasteiger partial charge in [-0.3, -0.25) is 4.79 Å². The second-order valence-corrected chi connectivity index (χ2v) is 8.80. The quantitative estimate of drug-likeness (QED) is 0.838. The van der Waals surface area contributed by atoms with Gasteiger partial charge in [-0.15, -0.1) is 0 Å². The molecule has 1 aliphatic rings. The molecule has 1 aliphatic carbocycles. The third kappa shape index (κ3) is 4.54. The summed E-state index contributed by atoms with van der Waals surface area (Å²) in [7, 11) is -2.06. The maximum Gasteiger partial charge on any atom is 0.255 e. The smallest absolute Gasteiger partial charge is 0.255 e. The Morgan fingerprint density at radius 2 is 1.74 bits per heavy atom. The van der Waals surface area contributed by atoms with Crippen LogP contribution in [0.4, 0.5) is 10.1 Å². The van der Waals surface area contributed by atoms with Gasteiger partial charge in [0, 0.05) is 24.3 Å². The zero-order valence-corrected chi connectivity index (χ0v) is 16.0. The summed E-state index contributed by atoms with van der Waals surface area (Å²) in [6.45, 7) is 0. The van der Waals surface area contributed by atoms with Crippen LogP contribution in [-0.4, -0.2) is 31.7 Å². The Bertz CT molecular complexity index is 907. The maximum absolute atomic E-state index is 13.0. The van der Waals surface area contributed by atoms with Crippen LogP contribution in [0.15, 0.2) is 53.4 Å². The van der Waals surface area contributed by atoms with E-state index in [1.807, 2.05) is 0 Å². The molecule has 2 aromatic carbocycles. The Morgan fingerprint density at radius 3 is 2.41 bits per heavy atom. The van der Waals surface area contributed by atoms with Gasteiger partial charge in [0.15, 0.2) is 0 Å². The van der Waals surface area contributed by atoms with Gasteiger partial charge < -0.3 is 5.32 Å². The number of nitrogens with zero attached hydrogens (tertiary/aromatic N) is 1. The molecule has 144 valence electrons. The number of carbonyl (C=O) groups is 1. The van der Waals surface area contributed by atoms with Crippen molar-refractivity contribution in [3.05, 3.63) is 59.9 Å². The molecule has 0 aliphatic heterocycles. The molecule has 0 aromatic heterocycles. The molecule has 1 amide bonds. The van der Waals surface area contributed by atoms with Crippen molar-refractivity contribution in [2.45, 2.75) is 43.0 Å². The molecule has 1 fully saturated rings. The Hall–Kier alpha value is -2.25. The first-order valence-electron chi connectivity index (χ1n) is 9.03. The minimum atomic E-state index is -3.67. The van der Waals surface area contributed by atoms with Crippen molar-refractivity contribution in [2.75, 3.05) is 12.4 Å². The normalized spacial score (nSPS) is 15.7. The largest absolute Gasteiger partial charge is 0.322 e. The fraction of sp³-hybridized carbons (Fsp3) is 0.350. The fourth-order valence-corrected chi connectivity index (χ4v) is 4.80. The Morgan fingerprint density at radius 1 is 1.07 bits per heavy atom. The van der Waals surface area contributed by atoms with E-state index in [4.69, 9.17) is 0 Å². The van der Waals surface area contributed by atoms with Crippen LogP contribution in [0, 0.1) is 5.82 Å². The zero-order chi connectivity index (χ0) is 19.4. The average Bonchev–Trinajstić information content (AvgIpc) is 2.70. The van der Waals surface area contributed by atoms with Crippen molar-refractivity contribution in [1.82, 2.24) is 4.31 Å². The number of halogens is 1. The maximum atomic E-state index is 13.0. The second kappa shape index (κ2) is 8.19. The number of rotatable bonds is 5. The molecular weight excluding hydrogens is 367 g/mol. The summed E-state index contributed by atoms with van der Waals surface area (Å²) in [4.78, 5) is 12.5. The number of sulfonamides is 1. The molecule has 0 atom stereocenters. The lowest BCUT2D eigenvalue weighted by Crippen LogP contribution is -2.38. The van der Waals surface area contributed by atoms with E-state index >= 15 is 0 Å². The van der Waals surface area contributed by atoms with Gasteiger partial charge in [0.1, 0.15) is 5.82 Å². The van der Waals surface area contributed by atoms with Crippen LogP contribution in [0.3, 0.4) is 0 Å². The minimum Gasteiger partial charge on any atom is -0.322 e. The molecule has 7 heteroatoms. The predicted octanol–water partition coefficient (Wildman–Crippen LogP) is 4.03. The summed E-state index contributed by atoms with van der Waals surface area (Å²) in [6, 6.07) is 11.4. The highest BCUT2D eigenvalue weighted by Gasteiger charge is 2.29. The van der Waals surface area contributed by atoms with Crippen molar-refractivity contribution in [3.8, 4) is 0 Å². The lowest BCUT2D eigenvalue weighted by molar-refractivity contribution is 0.102. The number of hydrogen-bond donors (Lipinski definition) is 1. The summed E-state index contributed by atoms with van der Waals surface area (Å²) in [5.74, 6) is -0.842. The molecule has 0 bridgehead atoms. The van der Waals surface area contributed by atoms with E-state index in [1.54, 1.807) is 19.2 Å². The molecule has 27 heavy (non-hydrogen) atoms. The van der Waals surface area contributed by atoms with Crippen LogP contribution in [0.5, 0.6) is 0 Å². The van der Waals surface area contributed by atoms with Crippen LogP contribution in [0.2, 0.25) is 0 Å². The van der Waals surface area contributed by atoms with E-state index in [0.29, 0.717) is 5.69 Å². The SMILES string of the molecule is CN(C1CCCCC1)S(=O)(=O)c1cccc(C(=O)Nc2ccc(F)cc2)c1. The second-order valence-electron chi connectivity index (χ2n) is 6.80. The van der Waals surface area contributed by atoms with Crippen LogP contribution in [-0.2, 0) is 10.0 Å². The first-order valence-corrected chi connectivity index (χ1v) is 10.5. The number of benzene rings is 2. The van der Waals surface area contributed by atoms with Gasteiger partial charge in [-0.1, -0.05) is 25.3 Å². The van der Waals surface area contributed by atoms with Gasteiger partial charge in [-0.05, 0) is 55.3 Å². The van der Waals surface area contributed by atoms with Crippen LogP contribution >= 0.6 is 0 Å². The van der Waals surface area contributed by atoms with Crippen molar-refractivity contribution < 1.29 is 17.6 Å². The van der Waals surface area contributed by atoms with E-state index in [-0.39, 0.29) is 16.5 Å². The van der Waals surface area contributed by atoms with Crippen molar-refractivity contribution in [1.29, 1.82) is 0 Å². The van der Waals surface area contributed by atoms with Crippen molar-refractivity contribution in [3.63, 3.8) is 0 Å². The van der Waals surface area contributed by atoms with E-state index in [9.17, 15) is 17.6 Å². The number of carbonyl (C=O) groups excluding carboxylic acids is 1. The lowest BCUT2D eigenvalue weighted by Gasteiger charge is -2.30. The van der Waals surface area contributed by atoms with E-state index in [1.165, 1.54) is 40.7 Å². The molecule has 2 aromatic rings. The monoisotopic (exact) mass is 390 g/mol. The molecular formula is C20H23FN2O3S. The molecule has 3 rings (SSSR count). The van der Waals surface area contributed by atoms with Crippen LogP contribution in [0.25, 0.3) is 0 Å². The molecule has 1 N–H and O–H groups in total. The number of hydrogen-bond acceptors (Lipinski definition) is 3. The van der Waals surface area contributed by atoms with Gasteiger partial charge in [0.05, 0.1) is 4.90 Å². The molecule has 5 nitrogen and oxygen atoms in total. The van der Waals surface area contributed by atoms with Gasteiger partial charge >= 0.3 is 0 Å². The van der Waals surface area contributed by atoms with Gasteiger partial charge in [-0.2, -0.15) is 4.31 Å². The highest BCUT2D eigenvalue weighted by atomic mass is 32.2. The molecule has 1 saturated carbocycles. The molecule has 0 radical (unpaired) electrons. The first-order chi connectivity index (χ1) is 12.9. The summed E-state index contributed by atoms with van der Waals surface area (Å²) >= 11 is 0. The highest BCUT2D eigenvalue weighted by molar-refractivity contribution is 7.89. The summed E-state index contributed by atoms with van der Waals surface area (Å²) in [5, 5.41) is 2.64. The van der Waals surface area contributed by atoms with Gasteiger partial charge in [0.25, 0.3) is 5.91 Å². The third-order valence-corrected chi connectivity index (χ3v) is 6.87. The van der Waals surface area contributed by atoms with E-state index in [0.717, 1.165) is 32.1 Å². The van der Waals surface area contributed by atoms with Crippen LogP contribution < -0.4 is 5.32 Å². The van der Waals surface area contributed by atoms with Crippen LogP contribution in [0.1, 0.15) is 42.5 Å². The van der Waals surface area contributed by atoms with Crippen molar-refractivity contribution >= 4 is 21.6 Å². The Kier molecular flexibility index (Phi) is 5.92. The summed E-state index contributed by atoms with van der Waals surface area (Å²) in [5.41, 5.74) is 0.673. The molecule has 0 saturated heterocycles. The zero-order valence-electron chi connectivity index (χ0n) is 15.2. The summed E-state index contributed by atoms with van der Waals surface area (Å²) in [6.07, 6.45) is 4.93. The predicted molar refractivity (Wildman–Crippen MR) is 103 cm³/mol. The third-order valence-electron chi connectivity index (χ3n) is 4.96. The van der Waals surface area contributed by atoms with E-state index < -0.39 is 21.7 Å². The molecule has 0 spiro atoms. The van der Waals surface area contributed by atoms with Gasteiger partial charge in [-0.25, -0.2) is 12.8 Å². The lowest BCUT2D eigenvalue weighted by atomic mass is 9.96. The Balaban J connectivity index is 1.79. The minimum absolute atomic E-state index is 0.000415. The number of nitrogens with one attached hydrogen (secondary N) is 1. The van der Waals surface area contributed by atoms with Crippen molar-refractivity contribution in [2.24, 2.45) is 0 Å². The standard InChI is InChI=1S/C20H23FN2O3S/c1-23(18-7-3-2-4-8-18)27(25,26)19-9-5-6-15(14-19)20(24)22-17-12-10-16(21)11-13-17/h5-6,9-14,18H,2-4,7-8H2,1H3,(H,22,24). The highest BCUT2D eigenvalue weighted by Crippen LogP contribution is 2.27. The molecule has 0 heterocycles. The first kappa shape index (κ1) is 19.5. The topological polar surface area (TPSA) is 66.5 Å². The van der Waals surface area contributed by atoms with E-state index in [2.05, 4.69) is 5.32 Å². The summed E-state index contributed by atoms with van der Waals surface area (Å²) < 4.78 is 40.3. The molecule has 0 unspecified atom stereocenters. The number of amides is 1. The number of anilines is 1. The average molecular weight is 390 g/mol. The Labute approximate surface area is 159 Å².